The van der Waals surface area contributed by atoms with Gasteiger partial charge < -0.3 is 29.9 Å². The van der Waals surface area contributed by atoms with Crippen LogP contribution in [-0.4, -0.2) is 94.6 Å². The number of aromatic amines is 1. The number of H-pyrrole nitrogens is 1. The number of nitrogens with one attached hydrogen (secondary N) is 3. The standard InChI is InChI=1S/C45H51N7O5/c1-50(2)40(34-14-8-5-9-15-34)44(55)51-26-10-16-36(51)28-47-42(53)35-24-20-31(21-25-35)30-18-22-32(23-19-30)37-29-46-41(48-37)38-17-11-27-52(38)43(54)39(49-45(56)57-3)33-12-6-4-7-13-33/h4-9,12-15,18-25,29,36,38-40,42,47,53H,10-11,16-17,26-28H2,1-3H3,(H,46,48)(H,49,56). The van der Waals surface area contributed by atoms with Crippen LogP contribution in [0.25, 0.3) is 22.4 Å². The first-order valence-electron chi connectivity index (χ1n) is 19.6. The summed E-state index contributed by atoms with van der Waals surface area (Å²) in [5.74, 6) is 0.574. The lowest BCUT2D eigenvalue weighted by Gasteiger charge is -2.32. The fraction of sp³-hybridized carbons (Fsp3) is 0.333. The molecule has 5 aromatic rings. The molecule has 2 aliphatic rings. The molecule has 5 unspecified atom stereocenters. The molecule has 4 aromatic carbocycles. The van der Waals surface area contributed by atoms with Gasteiger partial charge in [0.15, 0.2) is 0 Å². The predicted octanol–water partition coefficient (Wildman–Crippen LogP) is 6.38. The zero-order valence-corrected chi connectivity index (χ0v) is 32.7. The number of amides is 3. The minimum absolute atomic E-state index is 0.00368. The van der Waals surface area contributed by atoms with Crippen molar-refractivity contribution in [3.05, 3.63) is 138 Å². The number of nitrogens with zero attached hydrogens (tertiary/aromatic N) is 4. The second kappa shape index (κ2) is 18.0. The maximum absolute atomic E-state index is 13.9. The topological polar surface area (TPSA) is 143 Å². The van der Waals surface area contributed by atoms with Crippen molar-refractivity contribution in [2.45, 2.75) is 56.1 Å². The smallest absolute Gasteiger partial charge is 0.407 e. The molecule has 12 heteroatoms. The van der Waals surface area contributed by atoms with E-state index in [9.17, 15) is 19.5 Å². The highest BCUT2D eigenvalue weighted by Gasteiger charge is 2.37. The molecule has 3 heterocycles. The van der Waals surface area contributed by atoms with Gasteiger partial charge in [-0.3, -0.25) is 19.8 Å². The van der Waals surface area contributed by atoms with Crippen molar-refractivity contribution >= 4 is 17.9 Å². The molecule has 0 spiro atoms. The summed E-state index contributed by atoms with van der Waals surface area (Å²) in [6.45, 7) is 1.76. The minimum Gasteiger partial charge on any atom is -0.453 e. The number of aromatic nitrogens is 2. The van der Waals surface area contributed by atoms with Gasteiger partial charge in [0.2, 0.25) is 5.91 Å². The number of carbonyl (C=O) groups excluding carboxylic acids is 3. The zero-order chi connectivity index (χ0) is 39.9. The molecular weight excluding hydrogens is 719 g/mol. The lowest BCUT2D eigenvalue weighted by molar-refractivity contribution is -0.137. The molecule has 0 bridgehead atoms. The molecule has 12 nitrogen and oxygen atoms in total. The van der Waals surface area contributed by atoms with Crippen molar-refractivity contribution in [1.82, 2.24) is 35.3 Å². The van der Waals surface area contributed by atoms with Gasteiger partial charge in [-0.15, -0.1) is 0 Å². The van der Waals surface area contributed by atoms with Crippen molar-refractivity contribution in [1.29, 1.82) is 0 Å². The first kappa shape index (κ1) is 39.4. The van der Waals surface area contributed by atoms with Crippen LogP contribution in [0.4, 0.5) is 4.79 Å². The summed E-state index contributed by atoms with van der Waals surface area (Å²) in [7, 11) is 5.15. The highest BCUT2D eigenvalue weighted by molar-refractivity contribution is 5.87. The number of imidazole rings is 1. The second-order valence-corrected chi connectivity index (χ2v) is 15.0. The number of rotatable bonds is 13. The summed E-state index contributed by atoms with van der Waals surface area (Å²) in [6, 6.07) is 33.6. The number of aliphatic hydroxyl groups is 1. The molecule has 2 aliphatic heterocycles. The molecular formula is C45H51N7O5. The molecule has 0 saturated carbocycles. The number of ether oxygens (including phenoxy) is 1. The Hall–Kier alpha value is -5.82. The molecule has 4 N–H and O–H groups in total. The summed E-state index contributed by atoms with van der Waals surface area (Å²) in [4.78, 5) is 53.7. The highest BCUT2D eigenvalue weighted by atomic mass is 16.5. The first-order valence-corrected chi connectivity index (χ1v) is 19.6. The molecule has 0 radical (unpaired) electrons. The Kier molecular flexibility index (Phi) is 12.4. The SMILES string of the molecule is COC(=O)NC(C(=O)N1CCCC1c1ncc(-c2ccc(-c3ccc(C(O)NCC4CCCN4C(=O)C(c4ccccc4)N(C)C)cc3)cc2)[nH]1)c1ccccc1. The Bertz CT molecular complexity index is 2110. The first-order chi connectivity index (χ1) is 27.7. The number of methoxy groups -OCH3 is 1. The van der Waals surface area contributed by atoms with Crippen molar-refractivity contribution in [3.8, 4) is 22.4 Å². The van der Waals surface area contributed by atoms with Crippen LogP contribution < -0.4 is 10.6 Å². The van der Waals surface area contributed by atoms with E-state index in [1.807, 2.05) is 121 Å². The quantitative estimate of drug-likeness (QED) is 0.101. The average molecular weight is 770 g/mol. The molecule has 57 heavy (non-hydrogen) atoms. The van der Waals surface area contributed by atoms with Crippen LogP contribution in [0, 0.1) is 0 Å². The Balaban J connectivity index is 0.961. The molecule has 3 amide bonds. The van der Waals surface area contributed by atoms with E-state index in [0.717, 1.165) is 59.2 Å². The van der Waals surface area contributed by atoms with E-state index >= 15 is 0 Å². The number of hydrogen-bond donors (Lipinski definition) is 4. The third-order valence-electron chi connectivity index (χ3n) is 11.1. The summed E-state index contributed by atoms with van der Waals surface area (Å²) in [5, 5.41) is 17.1. The average Bonchev–Trinajstić information content (AvgIpc) is 4.04. The van der Waals surface area contributed by atoms with Crippen molar-refractivity contribution in [2.24, 2.45) is 0 Å². The van der Waals surface area contributed by atoms with Crippen LogP contribution in [0.5, 0.6) is 0 Å². The molecule has 7 rings (SSSR count). The monoisotopic (exact) mass is 769 g/mol. The fourth-order valence-electron chi connectivity index (χ4n) is 8.10. The van der Waals surface area contributed by atoms with Crippen LogP contribution in [0.2, 0.25) is 0 Å². The zero-order valence-electron chi connectivity index (χ0n) is 32.7. The third-order valence-corrected chi connectivity index (χ3v) is 11.1. The van der Waals surface area contributed by atoms with Gasteiger partial charge in [0.25, 0.3) is 5.91 Å². The Morgan fingerprint density at radius 3 is 2.04 bits per heavy atom. The summed E-state index contributed by atoms with van der Waals surface area (Å²) < 4.78 is 4.82. The normalized spacial score (nSPS) is 18.3. The molecule has 5 atom stereocenters. The maximum Gasteiger partial charge on any atom is 0.407 e. The van der Waals surface area contributed by atoms with E-state index in [-0.39, 0.29) is 29.9 Å². The second-order valence-electron chi connectivity index (χ2n) is 15.0. The largest absolute Gasteiger partial charge is 0.453 e. The van der Waals surface area contributed by atoms with Gasteiger partial charge in [-0.1, -0.05) is 109 Å². The molecule has 296 valence electrons. The van der Waals surface area contributed by atoms with Gasteiger partial charge >= 0.3 is 6.09 Å². The number of hydrogen-bond acceptors (Lipinski definition) is 8. The van der Waals surface area contributed by atoms with Crippen LogP contribution in [0.15, 0.2) is 115 Å². The Morgan fingerprint density at radius 1 is 0.789 bits per heavy atom. The van der Waals surface area contributed by atoms with Gasteiger partial charge in [0.1, 0.15) is 24.1 Å². The van der Waals surface area contributed by atoms with Gasteiger partial charge in [-0.25, -0.2) is 9.78 Å². The van der Waals surface area contributed by atoms with Crippen LogP contribution in [0.3, 0.4) is 0 Å². The van der Waals surface area contributed by atoms with Crippen LogP contribution in [-0.2, 0) is 14.3 Å². The van der Waals surface area contributed by atoms with Crippen molar-refractivity contribution in [2.75, 3.05) is 40.8 Å². The number of likely N-dealkylation sites (tertiary alicyclic amines) is 2. The van der Waals surface area contributed by atoms with E-state index < -0.39 is 18.4 Å². The predicted molar refractivity (Wildman–Crippen MR) is 218 cm³/mol. The number of alkyl carbamates (subject to hydrolysis) is 1. The van der Waals surface area contributed by atoms with E-state index in [1.165, 1.54) is 7.11 Å². The molecule has 2 saturated heterocycles. The third kappa shape index (κ3) is 8.93. The minimum atomic E-state index is -0.878. The van der Waals surface area contributed by atoms with E-state index in [4.69, 9.17) is 9.72 Å². The lowest BCUT2D eigenvalue weighted by atomic mass is 10.0. The summed E-state index contributed by atoms with van der Waals surface area (Å²) in [5.41, 5.74) is 6.25. The van der Waals surface area contributed by atoms with Crippen molar-refractivity contribution < 1.29 is 24.2 Å². The van der Waals surface area contributed by atoms with Crippen molar-refractivity contribution in [3.63, 3.8) is 0 Å². The lowest BCUT2D eigenvalue weighted by Crippen LogP contribution is -2.46. The van der Waals surface area contributed by atoms with Gasteiger partial charge in [0.05, 0.1) is 25.0 Å². The number of carbonyl (C=O) groups is 3. The van der Waals surface area contributed by atoms with Gasteiger partial charge in [0, 0.05) is 25.7 Å². The van der Waals surface area contributed by atoms with E-state index in [0.29, 0.717) is 31.0 Å². The van der Waals surface area contributed by atoms with E-state index in [1.54, 1.807) is 11.1 Å². The summed E-state index contributed by atoms with van der Waals surface area (Å²) >= 11 is 0. The number of likely N-dealkylation sites (N-methyl/N-ethyl adjacent to an activating group) is 1. The molecule has 2 fully saturated rings. The highest BCUT2D eigenvalue weighted by Crippen LogP contribution is 2.35. The fourth-order valence-corrected chi connectivity index (χ4v) is 8.10. The maximum atomic E-state index is 13.9. The Labute approximate surface area is 333 Å². The van der Waals surface area contributed by atoms with E-state index in [2.05, 4.69) is 27.8 Å². The van der Waals surface area contributed by atoms with Crippen LogP contribution >= 0.6 is 0 Å². The molecule has 0 aliphatic carbocycles. The van der Waals surface area contributed by atoms with Gasteiger partial charge in [-0.2, -0.15) is 0 Å². The number of benzene rings is 4. The molecule has 1 aromatic heterocycles. The number of aliphatic hydroxyl groups excluding tert-OH is 1. The van der Waals surface area contributed by atoms with Gasteiger partial charge in [-0.05, 0) is 73.2 Å². The Morgan fingerprint density at radius 2 is 1.39 bits per heavy atom. The summed E-state index contributed by atoms with van der Waals surface area (Å²) in [6.07, 6.45) is 3.65. The van der Waals surface area contributed by atoms with Crippen LogP contribution in [0.1, 0.15) is 72.6 Å².